The van der Waals surface area contributed by atoms with Gasteiger partial charge in [0.2, 0.25) is 10.0 Å². The van der Waals surface area contributed by atoms with Gasteiger partial charge in [-0.1, -0.05) is 19.9 Å². The van der Waals surface area contributed by atoms with E-state index < -0.39 is 10.0 Å². The van der Waals surface area contributed by atoms with Gasteiger partial charge in [-0.2, -0.15) is 4.31 Å². The second-order valence-electron chi connectivity index (χ2n) is 7.04. The van der Waals surface area contributed by atoms with Gasteiger partial charge in [-0.05, 0) is 35.9 Å². The van der Waals surface area contributed by atoms with E-state index in [1.54, 1.807) is 18.3 Å². The maximum atomic E-state index is 12.8. The molecule has 0 saturated carbocycles. The Morgan fingerprint density at radius 1 is 1.03 bits per heavy atom. The first-order valence-corrected chi connectivity index (χ1v) is 11.4. The number of benzene rings is 1. The Kier molecular flexibility index (Phi) is 7.00. The minimum atomic E-state index is -3.51. The summed E-state index contributed by atoms with van der Waals surface area (Å²) in [4.78, 5) is 21.3. The van der Waals surface area contributed by atoms with Crippen LogP contribution >= 0.6 is 0 Å². The Labute approximate surface area is 173 Å². The summed E-state index contributed by atoms with van der Waals surface area (Å²) in [6.45, 7) is 8.19. The van der Waals surface area contributed by atoms with Crippen molar-refractivity contribution >= 4 is 15.9 Å². The Bertz CT molecular complexity index is 905. The summed E-state index contributed by atoms with van der Waals surface area (Å²) >= 11 is 0. The normalized spacial score (nSPS) is 15.6. The number of hydrogen-bond donors (Lipinski definition) is 0. The van der Waals surface area contributed by atoms with E-state index in [4.69, 9.17) is 0 Å². The monoisotopic (exact) mass is 416 g/mol. The smallest absolute Gasteiger partial charge is 0.253 e. The van der Waals surface area contributed by atoms with Crippen molar-refractivity contribution in [1.82, 2.24) is 19.1 Å². The van der Waals surface area contributed by atoms with E-state index in [0.29, 0.717) is 31.7 Å². The number of pyridine rings is 1. The number of nitrogens with zero attached hydrogens (tertiary/aromatic N) is 4. The van der Waals surface area contributed by atoms with Gasteiger partial charge in [-0.25, -0.2) is 8.42 Å². The predicted molar refractivity (Wildman–Crippen MR) is 112 cm³/mol. The molecule has 1 aromatic heterocycles. The highest BCUT2D eigenvalue weighted by Gasteiger charge is 2.24. The summed E-state index contributed by atoms with van der Waals surface area (Å²) in [7, 11) is -3.51. The number of aromatic nitrogens is 1. The molecule has 0 spiro atoms. The van der Waals surface area contributed by atoms with Gasteiger partial charge >= 0.3 is 0 Å². The second kappa shape index (κ2) is 9.47. The third-order valence-corrected chi connectivity index (χ3v) is 7.30. The van der Waals surface area contributed by atoms with E-state index in [2.05, 4.69) is 16.0 Å². The van der Waals surface area contributed by atoms with Crippen LogP contribution in [-0.4, -0.2) is 72.7 Å². The Hall–Kier alpha value is -2.29. The zero-order valence-corrected chi connectivity index (χ0v) is 17.8. The summed E-state index contributed by atoms with van der Waals surface area (Å²) in [5, 5.41) is 0. The summed E-state index contributed by atoms with van der Waals surface area (Å²) in [6.07, 6.45) is 3.63. The van der Waals surface area contributed by atoms with Crippen molar-refractivity contribution in [3.8, 4) is 0 Å². The van der Waals surface area contributed by atoms with Crippen LogP contribution in [0.5, 0.6) is 0 Å². The zero-order chi connectivity index (χ0) is 20.9. The molecule has 8 heteroatoms. The fourth-order valence-corrected chi connectivity index (χ4v) is 4.98. The molecule has 3 rings (SSSR count). The van der Waals surface area contributed by atoms with Gasteiger partial charge in [0, 0.05) is 63.8 Å². The van der Waals surface area contributed by atoms with Gasteiger partial charge in [-0.3, -0.25) is 14.7 Å². The van der Waals surface area contributed by atoms with Crippen LogP contribution in [-0.2, 0) is 16.6 Å². The molecule has 156 valence electrons. The first-order valence-electron chi connectivity index (χ1n) is 9.96. The van der Waals surface area contributed by atoms with E-state index >= 15 is 0 Å². The van der Waals surface area contributed by atoms with Crippen molar-refractivity contribution < 1.29 is 13.2 Å². The number of rotatable bonds is 7. The molecular formula is C21H28N4O3S. The third-order valence-electron chi connectivity index (χ3n) is 5.23. The van der Waals surface area contributed by atoms with Crippen LogP contribution in [0.4, 0.5) is 0 Å². The Balaban J connectivity index is 1.60. The lowest BCUT2D eigenvalue weighted by atomic mass is 10.1. The number of carbonyl (C=O) groups excluding carboxylic acids is 1. The minimum Gasteiger partial charge on any atom is -0.336 e. The molecule has 1 aliphatic heterocycles. The summed E-state index contributed by atoms with van der Waals surface area (Å²) < 4.78 is 26.6. The minimum absolute atomic E-state index is 0.0576. The lowest BCUT2D eigenvalue weighted by molar-refractivity contribution is 0.0628. The maximum Gasteiger partial charge on any atom is 0.253 e. The highest BCUT2D eigenvalue weighted by atomic mass is 32.2. The molecule has 0 atom stereocenters. The van der Waals surface area contributed by atoms with Crippen LogP contribution < -0.4 is 0 Å². The van der Waals surface area contributed by atoms with Crippen LogP contribution in [0.25, 0.3) is 0 Å². The molecule has 1 aliphatic rings. The molecule has 0 unspecified atom stereocenters. The number of hydrogen-bond acceptors (Lipinski definition) is 5. The molecule has 1 amide bonds. The van der Waals surface area contributed by atoms with Crippen molar-refractivity contribution in [3.05, 3.63) is 59.9 Å². The van der Waals surface area contributed by atoms with Gasteiger partial charge in [0.05, 0.1) is 4.90 Å². The highest BCUT2D eigenvalue weighted by molar-refractivity contribution is 7.89. The van der Waals surface area contributed by atoms with Crippen molar-refractivity contribution in [2.75, 3.05) is 39.3 Å². The summed E-state index contributed by atoms with van der Waals surface area (Å²) in [6, 6.07) is 10.3. The third kappa shape index (κ3) is 5.01. The lowest BCUT2D eigenvalue weighted by Gasteiger charge is -2.34. The average Bonchev–Trinajstić information content (AvgIpc) is 2.75. The van der Waals surface area contributed by atoms with Gasteiger partial charge in [0.15, 0.2) is 0 Å². The van der Waals surface area contributed by atoms with Gasteiger partial charge < -0.3 is 4.90 Å². The first-order chi connectivity index (χ1) is 14.0. The zero-order valence-electron chi connectivity index (χ0n) is 17.0. The molecule has 0 bridgehead atoms. The molecule has 0 N–H and O–H groups in total. The number of amides is 1. The lowest BCUT2D eigenvalue weighted by Crippen LogP contribution is -2.48. The van der Waals surface area contributed by atoms with E-state index in [9.17, 15) is 13.2 Å². The summed E-state index contributed by atoms with van der Waals surface area (Å²) in [5.41, 5.74) is 1.68. The van der Waals surface area contributed by atoms with Crippen molar-refractivity contribution in [2.45, 2.75) is 25.3 Å². The van der Waals surface area contributed by atoms with Gasteiger partial charge in [0.25, 0.3) is 5.91 Å². The van der Waals surface area contributed by atoms with Crippen molar-refractivity contribution in [1.29, 1.82) is 0 Å². The van der Waals surface area contributed by atoms with E-state index in [0.717, 1.165) is 25.2 Å². The fraction of sp³-hybridized carbons (Fsp3) is 0.429. The molecule has 0 radical (unpaired) electrons. The van der Waals surface area contributed by atoms with Crippen molar-refractivity contribution in [3.63, 3.8) is 0 Å². The van der Waals surface area contributed by atoms with Crippen LogP contribution in [0.1, 0.15) is 29.8 Å². The largest absolute Gasteiger partial charge is 0.336 e. The van der Waals surface area contributed by atoms with Gasteiger partial charge in [0.1, 0.15) is 0 Å². The van der Waals surface area contributed by atoms with Crippen molar-refractivity contribution in [2.24, 2.45) is 0 Å². The molecule has 7 nitrogen and oxygen atoms in total. The molecule has 2 aromatic rings. The molecule has 2 heterocycles. The summed E-state index contributed by atoms with van der Waals surface area (Å²) in [5.74, 6) is -0.0576. The quantitative estimate of drug-likeness (QED) is 0.691. The van der Waals surface area contributed by atoms with E-state index in [1.165, 1.54) is 16.4 Å². The van der Waals surface area contributed by atoms with Crippen LogP contribution in [0.3, 0.4) is 0 Å². The SMILES string of the molecule is CCN(CC)S(=O)(=O)c1ccc(C(=O)N2CCN(Cc3cccnc3)CC2)cc1. The first kappa shape index (κ1) is 21.4. The second-order valence-corrected chi connectivity index (χ2v) is 8.98. The number of piperazine rings is 1. The van der Waals surface area contributed by atoms with E-state index in [1.807, 2.05) is 31.0 Å². The molecule has 29 heavy (non-hydrogen) atoms. The topological polar surface area (TPSA) is 73.8 Å². The fourth-order valence-electron chi connectivity index (χ4n) is 3.52. The number of carbonyl (C=O) groups is 1. The molecule has 1 fully saturated rings. The maximum absolute atomic E-state index is 12.8. The molecular weight excluding hydrogens is 388 g/mol. The van der Waals surface area contributed by atoms with Crippen LogP contribution in [0, 0.1) is 0 Å². The molecule has 1 saturated heterocycles. The molecule has 1 aromatic carbocycles. The Morgan fingerprint density at radius 2 is 1.69 bits per heavy atom. The number of sulfonamides is 1. The highest BCUT2D eigenvalue weighted by Crippen LogP contribution is 2.18. The predicted octanol–water partition coefficient (Wildman–Crippen LogP) is 2.07. The standard InChI is InChI=1S/C21H28N4O3S/c1-3-25(4-2)29(27,28)20-9-7-19(8-10-20)21(26)24-14-12-23(13-15-24)17-18-6-5-11-22-16-18/h5-11,16H,3-4,12-15,17H2,1-2H3. The van der Waals surface area contributed by atoms with E-state index in [-0.39, 0.29) is 10.8 Å². The molecule has 0 aliphatic carbocycles. The Morgan fingerprint density at radius 3 is 2.24 bits per heavy atom. The van der Waals surface area contributed by atoms with Crippen LogP contribution in [0.15, 0.2) is 53.7 Å². The average molecular weight is 417 g/mol. The van der Waals surface area contributed by atoms with Crippen LogP contribution in [0.2, 0.25) is 0 Å². The van der Waals surface area contributed by atoms with Gasteiger partial charge in [-0.15, -0.1) is 0 Å².